The van der Waals surface area contributed by atoms with Crippen LogP contribution >= 0.6 is 0 Å². The molecule has 1 heterocycles. The molecular weight excluding hydrogens is 553 g/mol. The summed E-state index contributed by atoms with van der Waals surface area (Å²) >= 11 is 0. The minimum Gasteiger partial charge on any atom is -0.384 e. The average Bonchev–Trinajstić information content (AvgIpc) is 3.57. The molecule has 3 N–H and O–H groups in total. The van der Waals surface area contributed by atoms with E-state index in [2.05, 4.69) is 16.0 Å². The van der Waals surface area contributed by atoms with Gasteiger partial charge in [0, 0.05) is 18.2 Å². The second kappa shape index (κ2) is 11.2. The molecule has 1 aliphatic heterocycles. The molecule has 3 aromatic carbocycles. The van der Waals surface area contributed by atoms with Crippen LogP contribution in [0.3, 0.4) is 0 Å². The van der Waals surface area contributed by atoms with Crippen molar-refractivity contribution in [1.29, 1.82) is 5.26 Å². The molecular formula is C30H29F3N4O3S. The maximum absolute atomic E-state index is 14.6. The van der Waals surface area contributed by atoms with Crippen molar-refractivity contribution in [2.45, 2.75) is 48.3 Å². The summed E-state index contributed by atoms with van der Waals surface area (Å²) in [6.45, 7) is 0.520. The quantitative estimate of drug-likeness (QED) is 0.323. The molecule has 5 rings (SSSR count). The van der Waals surface area contributed by atoms with Crippen molar-refractivity contribution < 1.29 is 26.4 Å². The van der Waals surface area contributed by atoms with E-state index in [1.165, 1.54) is 18.2 Å². The van der Waals surface area contributed by atoms with Crippen molar-refractivity contribution in [3.05, 3.63) is 101 Å². The Morgan fingerprint density at radius 3 is 2.44 bits per heavy atom. The van der Waals surface area contributed by atoms with Gasteiger partial charge in [-0.15, -0.1) is 0 Å². The first kappa shape index (κ1) is 28.6. The van der Waals surface area contributed by atoms with Crippen LogP contribution in [-0.2, 0) is 20.4 Å². The summed E-state index contributed by atoms with van der Waals surface area (Å²) in [7, 11) is -4.03. The Labute approximate surface area is 236 Å². The lowest BCUT2D eigenvalue weighted by Crippen LogP contribution is -2.54. The molecule has 7 nitrogen and oxygen atoms in total. The molecule has 0 radical (unpaired) electrons. The molecule has 3 aromatic rings. The minimum absolute atomic E-state index is 0.140. The van der Waals surface area contributed by atoms with Crippen LogP contribution in [0, 0.1) is 11.3 Å². The van der Waals surface area contributed by atoms with Crippen molar-refractivity contribution in [3.63, 3.8) is 0 Å². The van der Waals surface area contributed by atoms with Gasteiger partial charge < -0.3 is 10.6 Å². The number of benzene rings is 3. The first-order chi connectivity index (χ1) is 19.5. The SMILES string of the molecule is N#CC1(NC(=O)[C@H](CS(=O)(=O)Cc2ccccc2)N[C@@H](c2cccc(C3CNc4ccccc43)c2)C(F)(F)F)CC1. The number of fused-ring (bicyclic) bond motifs is 1. The van der Waals surface area contributed by atoms with E-state index in [0.717, 1.165) is 11.3 Å². The summed E-state index contributed by atoms with van der Waals surface area (Å²) in [5.74, 6) is -2.44. The zero-order valence-electron chi connectivity index (χ0n) is 22.0. The molecule has 1 saturated carbocycles. The summed E-state index contributed by atoms with van der Waals surface area (Å²) in [4.78, 5) is 13.2. The molecule has 11 heteroatoms. The average molecular weight is 583 g/mol. The Hall–Kier alpha value is -3.88. The first-order valence-corrected chi connectivity index (χ1v) is 15.0. The van der Waals surface area contributed by atoms with Crippen LogP contribution in [-0.4, -0.2) is 44.4 Å². The number of nitriles is 1. The molecule has 2 aliphatic rings. The van der Waals surface area contributed by atoms with E-state index in [1.807, 2.05) is 30.3 Å². The number of hydrogen-bond donors (Lipinski definition) is 3. The van der Waals surface area contributed by atoms with Crippen LogP contribution in [0.2, 0.25) is 0 Å². The van der Waals surface area contributed by atoms with Crippen LogP contribution in [0.25, 0.3) is 0 Å². The van der Waals surface area contributed by atoms with E-state index < -0.39 is 51.0 Å². The molecule has 3 atom stereocenters. The molecule has 0 aromatic heterocycles. The Balaban J connectivity index is 1.44. The van der Waals surface area contributed by atoms with Crippen molar-refractivity contribution >= 4 is 21.4 Å². The summed E-state index contributed by atoms with van der Waals surface area (Å²) in [6.07, 6.45) is -4.15. The Morgan fingerprint density at radius 2 is 1.76 bits per heavy atom. The highest BCUT2D eigenvalue weighted by molar-refractivity contribution is 7.90. The maximum atomic E-state index is 14.6. The van der Waals surface area contributed by atoms with E-state index in [0.29, 0.717) is 30.5 Å². The summed E-state index contributed by atoms with van der Waals surface area (Å²) in [5.41, 5.74) is 1.68. The van der Waals surface area contributed by atoms with Crippen LogP contribution in [0.4, 0.5) is 18.9 Å². The third kappa shape index (κ3) is 6.72. The number of alkyl halides is 3. The van der Waals surface area contributed by atoms with Gasteiger partial charge in [-0.25, -0.2) is 8.42 Å². The monoisotopic (exact) mass is 582 g/mol. The number of para-hydroxylation sites is 1. The standard InChI is InChI=1S/C30H29F3N4O3S/c31-30(32,33)27(22-10-6-9-21(15-22)24-16-35-25-12-5-4-11-23(24)25)36-26(28(38)37-29(19-34)13-14-29)18-41(39,40)17-20-7-2-1-3-8-20/h1-12,15,24,26-27,35-36H,13-14,16-18H2,(H,37,38)/t24?,26-,27-/m0/s1. The van der Waals surface area contributed by atoms with Crippen LogP contribution in [0.5, 0.6) is 0 Å². The van der Waals surface area contributed by atoms with Gasteiger partial charge in [0.25, 0.3) is 0 Å². The van der Waals surface area contributed by atoms with Crippen molar-refractivity contribution in [2.24, 2.45) is 0 Å². The van der Waals surface area contributed by atoms with Gasteiger partial charge in [0.05, 0.1) is 17.6 Å². The summed E-state index contributed by atoms with van der Waals surface area (Å²) < 4.78 is 69.9. The highest BCUT2D eigenvalue weighted by atomic mass is 32.2. The highest BCUT2D eigenvalue weighted by Gasteiger charge is 2.48. The number of nitrogens with zero attached hydrogens (tertiary/aromatic N) is 1. The third-order valence-corrected chi connectivity index (χ3v) is 9.08. The number of sulfone groups is 1. The maximum Gasteiger partial charge on any atom is 0.407 e. The second-order valence-corrected chi connectivity index (χ2v) is 12.7. The molecule has 0 spiro atoms. The van der Waals surface area contributed by atoms with Crippen molar-refractivity contribution in [3.8, 4) is 6.07 Å². The van der Waals surface area contributed by atoms with Crippen molar-refractivity contribution in [1.82, 2.24) is 10.6 Å². The van der Waals surface area contributed by atoms with E-state index in [9.17, 15) is 31.6 Å². The van der Waals surface area contributed by atoms with Gasteiger partial charge in [-0.3, -0.25) is 10.1 Å². The summed E-state index contributed by atoms with van der Waals surface area (Å²) in [5, 5.41) is 17.5. The fraction of sp³-hybridized carbons (Fsp3) is 0.333. The Kier molecular flexibility index (Phi) is 7.81. The Bertz CT molecular complexity index is 1570. The lowest BCUT2D eigenvalue weighted by atomic mass is 9.90. The molecule has 1 aliphatic carbocycles. The van der Waals surface area contributed by atoms with Crippen LogP contribution in [0.1, 0.15) is 47.1 Å². The molecule has 1 unspecified atom stereocenters. The van der Waals surface area contributed by atoms with Crippen LogP contribution in [0.15, 0.2) is 78.9 Å². The number of rotatable bonds is 10. The molecule has 1 amide bonds. The number of carbonyl (C=O) groups is 1. The van der Waals surface area contributed by atoms with E-state index >= 15 is 0 Å². The largest absolute Gasteiger partial charge is 0.407 e. The smallest absolute Gasteiger partial charge is 0.384 e. The van der Waals surface area contributed by atoms with Gasteiger partial charge in [-0.2, -0.15) is 18.4 Å². The van der Waals surface area contributed by atoms with Gasteiger partial charge in [0.1, 0.15) is 17.6 Å². The predicted molar refractivity (Wildman–Crippen MR) is 149 cm³/mol. The van der Waals surface area contributed by atoms with Crippen molar-refractivity contribution in [2.75, 3.05) is 17.6 Å². The van der Waals surface area contributed by atoms with Crippen LogP contribution < -0.4 is 16.0 Å². The normalized spacial score (nSPS) is 18.8. The molecule has 1 fully saturated rings. The lowest BCUT2D eigenvalue weighted by Gasteiger charge is -2.28. The van der Waals surface area contributed by atoms with E-state index in [4.69, 9.17) is 0 Å². The highest BCUT2D eigenvalue weighted by Crippen LogP contribution is 2.39. The third-order valence-electron chi connectivity index (χ3n) is 7.47. The first-order valence-electron chi connectivity index (χ1n) is 13.2. The van der Waals surface area contributed by atoms with E-state index in [-0.39, 0.29) is 11.5 Å². The van der Waals surface area contributed by atoms with Gasteiger partial charge in [0.15, 0.2) is 9.84 Å². The molecule has 214 valence electrons. The lowest BCUT2D eigenvalue weighted by molar-refractivity contribution is -0.160. The molecule has 41 heavy (non-hydrogen) atoms. The molecule has 0 bridgehead atoms. The topological polar surface area (TPSA) is 111 Å². The predicted octanol–water partition coefficient (Wildman–Crippen LogP) is 4.59. The number of carbonyl (C=O) groups excluding carboxylic acids is 1. The number of hydrogen-bond acceptors (Lipinski definition) is 6. The van der Waals surface area contributed by atoms with Gasteiger partial charge in [0.2, 0.25) is 5.91 Å². The number of halogens is 3. The molecule has 0 saturated heterocycles. The zero-order chi connectivity index (χ0) is 29.3. The fourth-order valence-electron chi connectivity index (χ4n) is 5.17. The summed E-state index contributed by atoms with van der Waals surface area (Å²) in [6, 6.07) is 19.7. The zero-order valence-corrected chi connectivity index (χ0v) is 22.8. The number of nitrogens with one attached hydrogen (secondary N) is 3. The number of anilines is 1. The van der Waals surface area contributed by atoms with E-state index in [1.54, 1.807) is 36.4 Å². The number of amides is 1. The Morgan fingerprint density at radius 1 is 1.05 bits per heavy atom. The van der Waals surface area contributed by atoms with Gasteiger partial charge in [-0.05, 0) is 41.2 Å². The minimum atomic E-state index is -4.85. The van der Waals surface area contributed by atoms with Gasteiger partial charge >= 0.3 is 6.18 Å². The fourth-order valence-corrected chi connectivity index (χ4v) is 6.74. The second-order valence-electron chi connectivity index (χ2n) is 10.6. The van der Waals surface area contributed by atoms with Gasteiger partial charge in [-0.1, -0.05) is 72.8 Å².